The highest BCUT2D eigenvalue weighted by molar-refractivity contribution is 7.07. The van der Waals surface area contributed by atoms with Crippen LogP contribution in [0.1, 0.15) is 31.0 Å². The predicted octanol–water partition coefficient (Wildman–Crippen LogP) is 5.07. The van der Waals surface area contributed by atoms with Crippen molar-refractivity contribution in [3.63, 3.8) is 0 Å². The molecule has 0 N–H and O–H groups in total. The summed E-state index contributed by atoms with van der Waals surface area (Å²) in [5, 5.41) is 23.1. The summed E-state index contributed by atoms with van der Waals surface area (Å²) in [4.78, 5) is 52.9. The van der Waals surface area contributed by atoms with Gasteiger partial charge in [-0.15, -0.1) is 0 Å². The predicted molar refractivity (Wildman–Crippen MR) is 165 cm³/mol. The molecule has 4 aromatic rings. The second-order valence-corrected chi connectivity index (χ2v) is 11.0. The van der Waals surface area contributed by atoms with Crippen molar-refractivity contribution in [1.82, 2.24) is 4.57 Å². The van der Waals surface area contributed by atoms with E-state index in [9.17, 15) is 29.8 Å². The summed E-state index contributed by atoms with van der Waals surface area (Å²) >= 11 is 7.24. The first-order valence-electron chi connectivity index (χ1n) is 13.3. The second-order valence-electron chi connectivity index (χ2n) is 9.53. The fraction of sp³-hybridized carbons (Fsp3) is 0.167. The minimum Gasteiger partial charge on any atom is -0.493 e. The molecule has 3 aromatic carbocycles. The number of thiazole rings is 1. The van der Waals surface area contributed by atoms with Crippen LogP contribution < -0.4 is 24.4 Å². The van der Waals surface area contributed by atoms with Gasteiger partial charge in [-0.05, 0) is 61.4 Å². The Kier molecular flexibility index (Phi) is 8.79. The molecule has 2 heterocycles. The van der Waals surface area contributed by atoms with Gasteiger partial charge in [-0.1, -0.05) is 41.1 Å². The van der Waals surface area contributed by atoms with Gasteiger partial charge in [-0.2, -0.15) is 0 Å². The number of benzene rings is 3. The molecule has 5 rings (SSSR count). The first-order valence-corrected chi connectivity index (χ1v) is 14.5. The highest BCUT2D eigenvalue weighted by Crippen LogP contribution is 2.38. The number of esters is 1. The zero-order chi connectivity index (χ0) is 32.4. The number of nitro benzene ring substituents is 2. The quantitative estimate of drug-likeness (QED) is 0.137. The van der Waals surface area contributed by atoms with E-state index < -0.39 is 38.8 Å². The molecule has 0 fully saturated rings. The topological polar surface area (TPSA) is 165 Å². The molecule has 1 aliphatic heterocycles. The lowest BCUT2D eigenvalue weighted by Gasteiger charge is -2.24. The van der Waals surface area contributed by atoms with Crippen molar-refractivity contribution in [3.8, 4) is 17.2 Å². The summed E-state index contributed by atoms with van der Waals surface area (Å²) in [6.07, 6.45) is 1.62. The lowest BCUT2D eigenvalue weighted by Crippen LogP contribution is -2.39. The highest BCUT2D eigenvalue weighted by atomic mass is 35.5. The zero-order valence-electron chi connectivity index (χ0n) is 23.9. The lowest BCUT2D eigenvalue weighted by molar-refractivity contribution is -0.394. The third-order valence-corrected chi connectivity index (χ3v) is 7.99. The number of halogens is 1. The summed E-state index contributed by atoms with van der Waals surface area (Å²) in [6, 6.07) is 13.7. The van der Waals surface area contributed by atoms with Gasteiger partial charge < -0.3 is 14.2 Å². The van der Waals surface area contributed by atoms with Crippen LogP contribution in [0.25, 0.3) is 6.08 Å². The molecular weight excluding hydrogens is 628 g/mol. The maximum Gasteiger partial charge on any atom is 0.338 e. The summed E-state index contributed by atoms with van der Waals surface area (Å²) in [5.41, 5.74) is 0.393. The minimum absolute atomic E-state index is 0.102. The number of carbonyl (C=O) groups excluding carboxylic acids is 1. The number of nitro groups is 2. The zero-order valence-corrected chi connectivity index (χ0v) is 25.5. The molecule has 0 aliphatic carbocycles. The van der Waals surface area contributed by atoms with Crippen molar-refractivity contribution in [2.45, 2.75) is 19.9 Å². The number of aromatic nitrogens is 1. The van der Waals surface area contributed by atoms with E-state index >= 15 is 0 Å². The van der Waals surface area contributed by atoms with E-state index in [1.807, 2.05) is 0 Å². The van der Waals surface area contributed by atoms with E-state index in [1.54, 1.807) is 56.3 Å². The Morgan fingerprint density at radius 2 is 1.76 bits per heavy atom. The van der Waals surface area contributed by atoms with Crippen LogP contribution in [0.5, 0.6) is 17.2 Å². The van der Waals surface area contributed by atoms with E-state index in [1.165, 1.54) is 17.7 Å². The average molecular weight is 651 g/mol. The number of ether oxygens (including phenoxy) is 3. The van der Waals surface area contributed by atoms with Crippen molar-refractivity contribution in [1.29, 1.82) is 0 Å². The fourth-order valence-electron chi connectivity index (χ4n) is 4.73. The largest absolute Gasteiger partial charge is 0.493 e. The smallest absolute Gasteiger partial charge is 0.338 e. The molecule has 0 saturated carbocycles. The van der Waals surface area contributed by atoms with Crippen LogP contribution in [0, 0.1) is 20.2 Å². The lowest BCUT2D eigenvalue weighted by atomic mass is 9.96. The average Bonchev–Trinajstić information content (AvgIpc) is 3.31. The molecule has 0 spiro atoms. The van der Waals surface area contributed by atoms with E-state index in [4.69, 9.17) is 25.8 Å². The number of allylic oxidation sites excluding steroid dienone is 1. The Hall–Kier alpha value is -5.34. The fourth-order valence-corrected chi connectivity index (χ4v) is 5.90. The second kappa shape index (κ2) is 12.7. The van der Waals surface area contributed by atoms with E-state index in [-0.39, 0.29) is 29.4 Å². The van der Waals surface area contributed by atoms with Crippen LogP contribution in [0.15, 0.2) is 81.7 Å². The van der Waals surface area contributed by atoms with Crippen LogP contribution in [0.2, 0.25) is 5.02 Å². The standard InChI is InChI=1S/C30H23ClN4O9S/c1-4-43-29(37)26-16(2)32-30-33(27(26)18-6-8-19(31)9-7-18)28(36)25(45-30)14-17-5-11-23(24(13-17)42-3)44-22-12-10-20(34(38)39)15-21(22)35(40)41/h5-15,27H,4H2,1-3H3/b25-14-/t27-/m1/s1. The number of methoxy groups -OCH3 is 1. The van der Waals surface area contributed by atoms with Gasteiger partial charge in [0.25, 0.3) is 11.2 Å². The Morgan fingerprint density at radius 1 is 1.04 bits per heavy atom. The van der Waals surface area contributed by atoms with Gasteiger partial charge in [-0.3, -0.25) is 29.6 Å². The Morgan fingerprint density at radius 3 is 2.40 bits per heavy atom. The first kappa shape index (κ1) is 31.1. The van der Waals surface area contributed by atoms with Crippen LogP contribution in [0.3, 0.4) is 0 Å². The monoisotopic (exact) mass is 650 g/mol. The van der Waals surface area contributed by atoms with Crippen LogP contribution in [-0.2, 0) is 9.53 Å². The van der Waals surface area contributed by atoms with E-state index in [0.29, 0.717) is 31.2 Å². The number of fused-ring (bicyclic) bond motifs is 1. The Balaban J connectivity index is 1.57. The maximum atomic E-state index is 13.9. The number of hydrogen-bond donors (Lipinski definition) is 0. The Labute approximate surface area is 263 Å². The molecule has 0 saturated heterocycles. The SMILES string of the molecule is CCOC(=O)C1=C(C)N=c2s/c(=C\c3ccc(Oc4ccc([N+](=O)[O-])cc4[N+](=O)[O-])c(OC)c3)c(=O)n2[C@@H]1c1ccc(Cl)cc1. The van der Waals surface area contributed by atoms with Gasteiger partial charge in [0.05, 0.1) is 51.5 Å². The summed E-state index contributed by atoms with van der Waals surface area (Å²) in [6.45, 7) is 3.52. The number of nitrogens with zero attached hydrogens (tertiary/aromatic N) is 4. The summed E-state index contributed by atoms with van der Waals surface area (Å²) in [5.74, 6) is -0.518. The molecule has 0 unspecified atom stereocenters. The highest BCUT2D eigenvalue weighted by Gasteiger charge is 2.33. The first-order chi connectivity index (χ1) is 21.5. The van der Waals surface area contributed by atoms with Crippen molar-refractivity contribution in [2.75, 3.05) is 13.7 Å². The molecule has 0 amide bonds. The van der Waals surface area contributed by atoms with E-state index in [2.05, 4.69) is 4.99 Å². The molecule has 45 heavy (non-hydrogen) atoms. The molecule has 1 atom stereocenters. The number of carbonyl (C=O) groups is 1. The molecular formula is C30H23ClN4O9S. The number of hydrogen-bond acceptors (Lipinski definition) is 11. The van der Waals surface area contributed by atoms with Crippen molar-refractivity contribution in [3.05, 3.63) is 128 Å². The van der Waals surface area contributed by atoms with Crippen LogP contribution in [0.4, 0.5) is 11.4 Å². The maximum absolute atomic E-state index is 13.9. The summed E-state index contributed by atoms with van der Waals surface area (Å²) < 4.78 is 18.2. The minimum atomic E-state index is -0.803. The van der Waals surface area contributed by atoms with E-state index in [0.717, 1.165) is 29.5 Å². The van der Waals surface area contributed by atoms with Crippen LogP contribution in [-0.4, -0.2) is 34.1 Å². The third kappa shape index (κ3) is 6.18. The third-order valence-electron chi connectivity index (χ3n) is 6.76. The van der Waals surface area contributed by atoms with Gasteiger partial charge in [-0.25, -0.2) is 9.79 Å². The molecule has 0 bridgehead atoms. The molecule has 13 nitrogen and oxygen atoms in total. The van der Waals surface area contributed by atoms with Gasteiger partial charge in [0.15, 0.2) is 16.3 Å². The molecule has 1 aliphatic rings. The van der Waals surface area contributed by atoms with Gasteiger partial charge >= 0.3 is 11.7 Å². The van der Waals surface area contributed by atoms with Gasteiger partial charge in [0.1, 0.15) is 0 Å². The molecule has 1 aromatic heterocycles. The summed E-state index contributed by atoms with van der Waals surface area (Å²) in [7, 11) is 1.37. The van der Waals surface area contributed by atoms with Crippen LogP contribution >= 0.6 is 22.9 Å². The molecule has 230 valence electrons. The number of non-ortho nitro benzene ring substituents is 1. The van der Waals surface area contributed by atoms with Crippen molar-refractivity contribution in [2.24, 2.45) is 4.99 Å². The molecule has 15 heteroatoms. The normalized spacial score (nSPS) is 14.4. The molecule has 0 radical (unpaired) electrons. The van der Waals surface area contributed by atoms with Gasteiger partial charge in [0.2, 0.25) is 5.75 Å². The van der Waals surface area contributed by atoms with Crippen molar-refractivity contribution >= 4 is 46.4 Å². The van der Waals surface area contributed by atoms with Crippen molar-refractivity contribution < 1.29 is 28.9 Å². The number of rotatable bonds is 9. The Bertz CT molecular complexity index is 2070. The van der Waals surface area contributed by atoms with Gasteiger partial charge in [0, 0.05) is 11.1 Å².